The molecule has 1 amide bonds. The van der Waals surface area contributed by atoms with E-state index in [2.05, 4.69) is 4.74 Å². The Kier molecular flexibility index (Phi) is 7.73. The summed E-state index contributed by atoms with van der Waals surface area (Å²) in [6.07, 6.45) is 2.87. The van der Waals surface area contributed by atoms with Gasteiger partial charge >= 0.3 is 12.7 Å². The summed E-state index contributed by atoms with van der Waals surface area (Å²) >= 11 is 0. The molecule has 0 N–H and O–H groups in total. The zero-order valence-corrected chi connectivity index (χ0v) is 20.1. The van der Waals surface area contributed by atoms with Crippen LogP contribution in [0.4, 0.5) is 13.6 Å². The van der Waals surface area contributed by atoms with Crippen molar-refractivity contribution in [2.75, 3.05) is 26.0 Å². The lowest BCUT2D eigenvalue weighted by atomic mass is 9.96. The number of halogens is 2. The topological polar surface area (TPSA) is 91.4 Å². The number of benzene rings is 1. The summed E-state index contributed by atoms with van der Waals surface area (Å²) < 4.78 is 69.4. The van der Waals surface area contributed by atoms with Crippen LogP contribution in [-0.2, 0) is 19.0 Å². The van der Waals surface area contributed by atoms with Crippen molar-refractivity contribution in [2.24, 2.45) is 5.92 Å². The number of carbonyl (C=O) groups is 1. The second-order valence-corrected chi connectivity index (χ2v) is 11.2. The van der Waals surface area contributed by atoms with E-state index in [9.17, 15) is 22.0 Å². The first-order valence-corrected chi connectivity index (χ1v) is 12.7. The third-order valence-corrected chi connectivity index (χ3v) is 5.91. The summed E-state index contributed by atoms with van der Waals surface area (Å²) in [7, 11) is -3.70. The van der Waals surface area contributed by atoms with Gasteiger partial charge in [0.15, 0.2) is 11.5 Å². The lowest BCUT2D eigenvalue weighted by Crippen LogP contribution is -2.42. The third-order valence-electron chi connectivity index (χ3n) is 5.34. The van der Waals surface area contributed by atoms with E-state index >= 15 is 0 Å². The van der Waals surface area contributed by atoms with E-state index in [0.29, 0.717) is 18.9 Å². The van der Waals surface area contributed by atoms with Gasteiger partial charge in [-0.3, -0.25) is 4.18 Å². The van der Waals surface area contributed by atoms with Crippen LogP contribution in [0.2, 0.25) is 0 Å². The molecule has 2 aliphatic rings. The van der Waals surface area contributed by atoms with E-state index in [4.69, 9.17) is 13.7 Å². The maximum absolute atomic E-state index is 12.8. The van der Waals surface area contributed by atoms with Gasteiger partial charge < -0.3 is 19.1 Å². The van der Waals surface area contributed by atoms with Crippen LogP contribution in [0.1, 0.15) is 51.5 Å². The fourth-order valence-corrected chi connectivity index (χ4v) is 4.04. The van der Waals surface area contributed by atoms with Crippen LogP contribution in [0.15, 0.2) is 18.2 Å². The Morgan fingerprint density at radius 2 is 1.88 bits per heavy atom. The fourth-order valence-electron chi connectivity index (χ4n) is 3.64. The molecule has 2 fully saturated rings. The van der Waals surface area contributed by atoms with Gasteiger partial charge in [0.1, 0.15) is 5.60 Å². The highest BCUT2D eigenvalue weighted by Crippen LogP contribution is 2.39. The number of alkyl halides is 2. The predicted molar refractivity (Wildman–Crippen MR) is 116 cm³/mol. The van der Waals surface area contributed by atoms with Crippen LogP contribution in [-0.4, -0.2) is 63.7 Å². The van der Waals surface area contributed by atoms with Gasteiger partial charge in [0.2, 0.25) is 0 Å². The molecule has 1 aliphatic carbocycles. The number of hydrogen-bond donors (Lipinski definition) is 0. The summed E-state index contributed by atoms with van der Waals surface area (Å²) in [5.74, 6) is 0.391. The highest BCUT2D eigenvalue weighted by molar-refractivity contribution is 7.85. The molecule has 1 saturated carbocycles. The molecule has 3 rings (SSSR count). The smallest absolute Gasteiger partial charge is 0.410 e. The molecule has 1 aromatic carbocycles. The van der Waals surface area contributed by atoms with Gasteiger partial charge in [-0.1, -0.05) is 6.07 Å². The highest BCUT2D eigenvalue weighted by atomic mass is 32.2. The van der Waals surface area contributed by atoms with E-state index in [-0.39, 0.29) is 30.6 Å². The van der Waals surface area contributed by atoms with Crippen molar-refractivity contribution in [3.63, 3.8) is 0 Å². The van der Waals surface area contributed by atoms with Crippen LogP contribution in [0, 0.1) is 5.92 Å². The first kappa shape index (κ1) is 25.5. The van der Waals surface area contributed by atoms with Crippen molar-refractivity contribution in [2.45, 2.75) is 64.2 Å². The van der Waals surface area contributed by atoms with E-state index < -0.39 is 34.5 Å². The summed E-state index contributed by atoms with van der Waals surface area (Å²) in [6.45, 7) is 2.72. The second kappa shape index (κ2) is 10.0. The molecule has 0 bridgehead atoms. The molecular weight excluding hydrogens is 460 g/mol. The number of rotatable bonds is 9. The fraction of sp³-hybridized carbons (Fsp3) is 0.682. The first-order chi connectivity index (χ1) is 15.3. The van der Waals surface area contributed by atoms with Crippen LogP contribution < -0.4 is 9.47 Å². The lowest BCUT2D eigenvalue weighted by molar-refractivity contribution is -0.0515. The molecule has 8 nitrogen and oxygen atoms in total. The minimum absolute atomic E-state index is 0.0478. The maximum Gasteiger partial charge on any atom is 0.410 e. The van der Waals surface area contributed by atoms with Gasteiger partial charge in [-0.15, -0.1) is 0 Å². The van der Waals surface area contributed by atoms with Crippen LogP contribution in [0.5, 0.6) is 11.5 Å². The first-order valence-electron chi connectivity index (χ1n) is 10.9. The largest absolute Gasteiger partial charge is 0.489 e. The van der Waals surface area contributed by atoms with Crippen molar-refractivity contribution in [3.05, 3.63) is 23.8 Å². The predicted octanol–water partition coefficient (Wildman–Crippen LogP) is 4.15. The van der Waals surface area contributed by atoms with E-state index in [1.807, 2.05) is 0 Å². The Hall–Kier alpha value is -2.14. The average Bonchev–Trinajstić information content (AvgIpc) is 3.40. The van der Waals surface area contributed by atoms with Gasteiger partial charge in [0.25, 0.3) is 10.1 Å². The van der Waals surface area contributed by atoms with Gasteiger partial charge in [0, 0.05) is 12.5 Å². The van der Waals surface area contributed by atoms with Crippen LogP contribution >= 0.6 is 0 Å². The zero-order valence-electron chi connectivity index (χ0n) is 19.3. The molecule has 0 spiro atoms. The summed E-state index contributed by atoms with van der Waals surface area (Å²) in [6, 6.07) is 4.20. The molecule has 0 unspecified atom stereocenters. The Morgan fingerprint density at radius 3 is 2.45 bits per heavy atom. The number of nitrogens with zero attached hydrogens (tertiary/aromatic N) is 1. The molecule has 33 heavy (non-hydrogen) atoms. The van der Waals surface area contributed by atoms with Crippen molar-refractivity contribution >= 4 is 16.2 Å². The standard InChI is InChI=1S/C22H31F2NO7S/c1-22(2,3)32-21(26)25-11-16(9-17(25)13-30-33(4,27)28)15-7-8-18(31-20(23)24)19(10-15)29-12-14-5-6-14/h7-8,10,14,16-17,20H,5-6,9,11-13H2,1-4H3/t16-,17+/m0/s1. The number of likely N-dealkylation sites (tertiary alicyclic amines) is 1. The van der Waals surface area contributed by atoms with Gasteiger partial charge in [-0.2, -0.15) is 17.2 Å². The van der Waals surface area contributed by atoms with Crippen LogP contribution in [0.25, 0.3) is 0 Å². The van der Waals surface area contributed by atoms with E-state index in [1.54, 1.807) is 32.9 Å². The van der Waals surface area contributed by atoms with Crippen molar-refractivity contribution in [1.82, 2.24) is 4.90 Å². The molecule has 11 heteroatoms. The Labute approximate surface area is 193 Å². The number of amides is 1. The van der Waals surface area contributed by atoms with Crippen molar-refractivity contribution in [1.29, 1.82) is 0 Å². The Morgan fingerprint density at radius 1 is 1.18 bits per heavy atom. The molecule has 186 valence electrons. The third kappa shape index (κ3) is 7.99. The SMILES string of the molecule is CC(C)(C)OC(=O)N1C[C@@H](c2ccc(OC(F)F)c(OCC3CC3)c2)C[C@@H]1COS(C)(=O)=O. The molecule has 1 saturated heterocycles. The minimum atomic E-state index is -3.70. The molecule has 0 radical (unpaired) electrons. The van der Waals surface area contributed by atoms with Crippen LogP contribution in [0.3, 0.4) is 0 Å². The summed E-state index contributed by atoms with van der Waals surface area (Å²) in [4.78, 5) is 14.2. The zero-order chi connectivity index (χ0) is 24.4. The quantitative estimate of drug-likeness (QED) is 0.479. The summed E-state index contributed by atoms with van der Waals surface area (Å²) in [5, 5.41) is 0. The molecule has 0 aromatic heterocycles. The Balaban J connectivity index is 1.81. The molecule has 1 heterocycles. The highest BCUT2D eigenvalue weighted by Gasteiger charge is 2.39. The Bertz CT molecular complexity index is 945. The van der Waals surface area contributed by atoms with Gasteiger partial charge in [-0.25, -0.2) is 4.79 Å². The monoisotopic (exact) mass is 491 g/mol. The van der Waals surface area contributed by atoms with Crippen molar-refractivity contribution < 1.29 is 40.4 Å². The van der Waals surface area contributed by atoms with E-state index in [1.165, 1.54) is 11.0 Å². The number of ether oxygens (including phenoxy) is 3. The molecule has 2 atom stereocenters. The van der Waals surface area contributed by atoms with Gasteiger partial charge in [-0.05, 0) is 63.6 Å². The number of hydrogen-bond acceptors (Lipinski definition) is 7. The maximum atomic E-state index is 12.8. The van der Waals surface area contributed by atoms with Gasteiger partial charge in [0.05, 0.1) is 25.5 Å². The van der Waals surface area contributed by atoms with Crippen molar-refractivity contribution in [3.8, 4) is 11.5 Å². The molecule has 1 aromatic rings. The number of carbonyl (C=O) groups excluding carboxylic acids is 1. The minimum Gasteiger partial charge on any atom is -0.489 e. The average molecular weight is 492 g/mol. The second-order valence-electron chi connectivity index (χ2n) is 9.55. The summed E-state index contributed by atoms with van der Waals surface area (Å²) in [5.41, 5.74) is 0.0352. The normalized spacial score (nSPS) is 21.4. The molecular formula is C22H31F2NO7S. The molecule has 1 aliphatic heterocycles. The van der Waals surface area contributed by atoms with E-state index in [0.717, 1.165) is 24.7 Å². The lowest BCUT2D eigenvalue weighted by Gasteiger charge is -2.28.